The average molecular weight is 391 g/mol. The van der Waals surface area contributed by atoms with E-state index < -0.39 is 0 Å². The van der Waals surface area contributed by atoms with Gasteiger partial charge >= 0.3 is 0 Å². The van der Waals surface area contributed by atoms with Crippen LogP contribution in [0.2, 0.25) is 5.02 Å². The van der Waals surface area contributed by atoms with Crippen molar-refractivity contribution in [1.82, 2.24) is 0 Å². The zero-order valence-electron chi connectivity index (χ0n) is 15.7. The lowest BCUT2D eigenvalue weighted by atomic mass is 10.1. The van der Waals surface area contributed by atoms with Crippen molar-refractivity contribution in [3.63, 3.8) is 0 Å². The second-order valence-electron chi connectivity index (χ2n) is 6.77. The van der Waals surface area contributed by atoms with Crippen LogP contribution in [0.15, 0.2) is 66.4 Å². The fourth-order valence-electron chi connectivity index (χ4n) is 3.16. The molecule has 4 heteroatoms. The van der Waals surface area contributed by atoms with Crippen molar-refractivity contribution in [2.75, 3.05) is 0 Å². The molecule has 0 saturated carbocycles. The number of hydrogen-bond acceptors (Lipinski definition) is 3. The van der Waals surface area contributed by atoms with Crippen molar-refractivity contribution in [2.24, 2.45) is 0 Å². The first kappa shape index (κ1) is 18.3. The number of ketones is 1. The van der Waals surface area contributed by atoms with Gasteiger partial charge in [-0.2, -0.15) is 0 Å². The van der Waals surface area contributed by atoms with Crippen LogP contribution in [0.1, 0.15) is 32.6 Å². The van der Waals surface area contributed by atoms with Crippen LogP contribution in [0.4, 0.5) is 0 Å². The summed E-state index contributed by atoms with van der Waals surface area (Å²) in [6.45, 7) is 4.43. The maximum Gasteiger partial charge on any atom is 0.231 e. The zero-order valence-corrected chi connectivity index (χ0v) is 16.4. The molecule has 0 amide bonds. The summed E-state index contributed by atoms with van der Waals surface area (Å²) in [6, 6.07) is 19.0. The number of hydrogen-bond donors (Lipinski definition) is 0. The van der Waals surface area contributed by atoms with Crippen LogP contribution in [-0.4, -0.2) is 5.78 Å². The molecule has 4 rings (SSSR count). The van der Waals surface area contributed by atoms with E-state index >= 15 is 0 Å². The van der Waals surface area contributed by atoms with E-state index in [1.807, 2.05) is 43.3 Å². The first-order valence-corrected chi connectivity index (χ1v) is 9.41. The minimum atomic E-state index is -0.126. The molecule has 0 aromatic heterocycles. The molecule has 0 radical (unpaired) electrons. The number of ether oxygens (including phenoxy) is 2. The fourth-order valence-corrected chi connectivity index (χ4v) is 3.29. The van der Waals surface area contributed by atoms with Gasteiger partial charge in [-0.1, -0.05) is 48.0 Å². The Bertz CT molecular complexity index is 1080. The van der Waals surface area contributed by atoms with E-state index in [1.165, 1.54) is 5.56 Å². The van der Waals surface area contributed by atoms with E-state index in [9.17, 15) is 4.79 Å². The smallest absolute Gasteiger partial charge is 0.231 e. The molecular weight excluding hydrogens is 372 g/mol. The Labute approximate surface area is 169 Å². The van der Waals surface area contributed by atoms with Crippen LogP contribution in [0, 0.1) is 13.8 Å². The summed E-state index contributed by atoms with van der Waals surface area (Å²) in [5.41, 5.74) is 4.54. The van der Waals surface area contributed by atoms with Gasteiger partial charge < -0.3 is 9.47 Å². The summed E-state index contributed by atoms with van der Waals surface area (Å²) < 4.78 is 11.9. The number of Topliss-reactive ketones (excluding diaryl/α,β-unsaturated/α-hetero) is 1. The lowest BCUT2D eigenvalue weighted by Gasteiger charge is -2.12. The van der Waals surface area contributed by atoms with E-state index in [4.69, 9.17) is 21.1 Å². The molecule has 0 spiro atoms. The van der Waals surface area contributed by atoms with Crippen LogP contribution in [-0.2, 0) is 6.61 Å². The summed E-state index contributed by atoms with van der Waals surface area (Å²) in [5.74, 6) is 1.45. The Hall–Kier alpha value is -3.04. The van der Waals surface area contributed by atoms with E-state index in [2.05, 4.69) is 13.0 Å². The van der Waals surface area contributed by atoms with Gasteiger partial charge in [-0.3, -0.25) is 4.79 Å². The Balaban J connectivity index is 1.58. The van der Waals surface area contributed by atoms with Crippen molar-refractivity contribution < 1.29 is 14.3 Å². The second kappa shape index (κ2) is 7.53. The van der Waals surface area contributed by atoms with Gasteiger partial charge in [-0.05, 0) is 60.9 Å². The largest absolute Gasteiger partial charge is 0.488 e. The van der Waals surface area contributed by atoms with E-state index in [0.29, 0.717) is 34.5 Å². The molecule has 3 aromatic carbocycles. The molecule has 1 aliphatic heterocycles. The molecule has 0 fully saturated rings. The molecule has 0 atom stereocenters. The third-order valence-electron chi connectivity index (χ3n) is 4.85. The van der Waals surface area contributed by atoms with Gasteiger partial charge in [0.05, 0.1) is 5.56 Å². The van der Waals surface area contributed by atoms with Gasteiger partial charge in [-0.25, -0.2) is 0 Å². The number of halogens is 1. The number of fused-ring (bicyclic) bond motifs is 1. The number of carbonyl (C=O) groups is 1. The number of carbonyl (C=O) groups excluding carboxylic acids is 1. The standard InChI is InChI=1S/C24H19ClO3/c1-15-5-3-4-6-18(15)14-27-21-12-11-20-23(26)22(28-24(20)16(21)2)13-17-7-9-19(25)10-8-17/h3-13H,14H2,1-2H3/b22-13-. The average Bonchev–Trinajstić information content (AvgIpc) is 3.01. The molecule has 3 aromatic rings. The van der Waals surface area contributed by atoms with Crippen LogP contribution in [0.25, 0.3) is 6.08 Å². The van der Waals surface area contributed by atoms with Crippen molar-refractivity contribution in [3.05, 3.63) is 99.3 Å². The normalized spacial score (nSPS) is 14.1. The summed E-state index contributed by atoms with van der Waals surface area (Å²) in [4.78, 5) is 12.7. The summed E-state index contributed by atoms with van der Waals surface area (Å²) in [6.07, 6.45) is 1.73. The molecular formula is C24H19ClO3. The lowest BCUT2D eigenvalue weighted by Crippen LogP contribution is -2.00. The molecule has 1 heterocycles. The molecule has 0 aliphatic carbocycles. The number of aryl methyl sites for hydroxylation is 1. The van der Waals surface area contributed by atoms with Crippen molar-refractivity contribution in [2.45, 2.75) is 20.5 Å². The van der Waals surface area contributed by atoms with Crippen molar-refractivity contribution >= 4 is 23.5 Å². The van der Waals surface area contributed by atoms with E-state index in [0.717, 1.165) is 16.7 Å². The molecule has 0 saturated heterocycles. The minimum Gasteiger partial charge on any atom is -0.488 e. The summed E-state index contributed by atoms with van der Waals surface area (Å²) >= 11 is 5.92. The van der Waals surface area contributed by atoms with Gasteiger partial charge in [-0.15, -0.1) is 0 Å². The Kier molecular flexibility index (Phi) is 4.93. The molecule has 1 aliphatic rings. The topological polar surface area (TPSA) is 35.5 Å². The Morgan fingerprint density at radius 1 is 1.00 bits per heavy atom. The summed E-state index contributed by atoms with van der Waals surface area (Å²) in [7, 11) is 0. The third-order valence-corrected chi connectivity index (χ3v) is 5.10. The first-order chi connectivity index (χ1) is 13.5. The highest BCUT2D eigenvalue weighted by Crippen LogP contribution is 2.39. The highest BCUT2D eigenvalue weighted by molar-refractivity contribution is 6.30. The Morgan fingerprint density at radius 2 is 1.75 bits per heavy atom. The first-order valence-electron chi connectivity index (χ1n) is 9.03. The van der Waals surface area contributed by atoms with Crippen molar-refractivity contribution in [3.8, 4) is 11.5 Å². The van der Waals surface area contributed by atoms with E-state index in [-0.39, 0.29) is 5.78 Å². The van der Waals surface area contributed by atoms with Gasteiger partial charge in [0.25, 0.3) is 0 Å². The Morgan fingerprint density at radius 3 is 2.50 bits per heavy atom. The predicted molar refractivity (Wildman–Crippen MR) is 111 cm³/mol. The molecule has 0 bridgehead atoms. The van der Waals surface area contributed by atoms with E-state index in [1.54, 1.807) is 24.3 Å². The molecule has 140 valence electrons. The number of allylic oxidation sites excluding steroid dienone is 1. The maximum atomic E-state index is 12.7. The minimum absolute atomic E-state index is 0.126. The molecule has 3 nitrogen and oxygen atoms in total. The maximum absolute atomic E-state index is 12.7. The van der Waals surface area contributed by atoms with Crippen LogP contribution in [0.5, 0.6) is 11.5 Å². The highest BCUT2D eigenvalue weighted by Gasteiger charge is 2.30. The fraction of sp³-hybridized carbons (Fsp3) is 0.125. The second-order valence-corrected chi connectivity index (χ2v) is 7.21. The number of benzene rings is 3. The lowest BCUT2D eigenvalue weighted by molar-refractivity contribution is 0.101. The SMILES string of the molecule is Cc1ccccc1COc1ccc2c(c1C)O/C(=C\c1ccc(Cl)cc1)C2=O. The quantitative estimate of drug-likeness (QED) is 0.501. The van der Waals surface area contributed by atoms with Crippen LogP contribution in [0.3, 0.4) is 0 Å². The van der Waals surface area contributed by atoms with Gasteiger partial charge in [0.2, 0.25) is 5.78 Å². The monoisotopic (exact) mass is 390 g/mol. The van der Waals surface area contributed by atoms with Crippen LogP contribution >= 0.6 is 11.6 Å². The van der Waals surface area contributed by atoms with Crippen LogP contribution < -0.4 is 9.47 Å². The molecule has 0 N–H and O–H groups in total. The summed E-state index contributed by atoms with van der Waals surface area (Å²) in [5, 5.41) is 0.649. The third kappa shape index (κ3) is 3.54. The van der Waals surface area contributed by atoms with Gasteiger partial charge in [0.15, 0.2) is 5.76 Å². The number of rotatable bonds is 4. The van der Waals surface area contributed by atoms with Crippen molar-refractivity contribution in [1.29, 1.82) is 0 Å². The van der Waals surface area contributed by atoms with Gasteiger partial charge in [0, 0.05) is 10.6 Å². The predicted octanol–water partition coefficient (Wildman–Crippen LogP) is 6.15. The molecule has 0 unspecified atom stereocenters. The molecule has 28 heavy (non-hydrogen) atoms. The highest BCUT2D eigenvalue weighted by atomic mass is 35.5. The van der Waals surface area contributed by atoms with Gasteiger partial charge in [0.1, 0.15) is 18.1 Å². The zero-order chi connectivity index (χ0) is 19.7.